The fourth-order valence-corrected chi connectivity index (χ4v) is 11.3. The van der Waals surface area contributed by atoms with Crippen molar-refractivity contribution in [2.24, 2.45) is 5.10 Å². The molecule has 0 bridgehead atoms. The summed E-state index contributed by atoms with van der Waals surface area (Å²) in [5.74, 6) is -15.6. The number of alkyl halides is 4. The van der Waals surface area contributed by atoms with Crippen LogP contribution in [-0.2, 0) is 43.6 Å². The Hall–Kier alpha value is -10.8. The van der Waals surface area contributed by atoms with Crippen molar-refractivity contribution < 1.29 is 109 Å². The number of anilines is 3. The van der Waals surface area contributed by atoms with Crippen LogP contribution in [0.1, 0.15) is 112 Å². The maximum atomic E-state index is 14.5. The first kappa shape index (κ1) is 76.0. The highest BCUT2D eigenvalue weighted by atomic mass is 32.2. The number of carbonyl (C=O) groups is 9. The first-order chi connectivity index (χ1) is 47.6. The number of rotatable bonds is 25. The predicted octanol–water partition coefficient (Wildman–Crippen LogP) is 0.815. The lowest BCUT2D eigenvalue weighted by molar-refractivity contribution is -0.385. The topological polar surface area (TPSA) is 499 Å². The number of nitrogens with zero attached hydrogens (tertiary/aromatic N) is 8. The molecule has 4 aliphatic heterocycles. The number of Topliss-reactive ketones (excluding diaryl/α,β-unsaturated/α-hetero) is 1. The molecule has 10 N–H and O–H groups in total. The van der Waals surface area contributed by atoms with Gasteiger partial charge in [0.2, 0.25) is 30.2 Å². The van der Waals surface area contributed by atoms with Crippen molar-refractivity contribution in [3.8, 4) is 0 Å². The van der Waals surface area contributed by atoms with Crippen LogP contribution in [0.15, 0.2) is 118 Å². The lowest BCUT2D eigenvalue weighted by Crippen LogP contribution is -2.54. The van der Waals surface area contributed by atoms with Gasteiger partial charge >= 0.3 is 23.2 Å². The summed E-state index contributed by atoms with van der Waals surface area (Å²) in [6, 6.07) is 13.5. The smallest absolute Gasteiger partial charge is 0.351 e. The van der Waals surface area contributed by atoms with Crippen LogP contribution in [0.25, 0.3) is 0 Å². The minimum absolute atomic E-state index is 0.0360. The second-order valence-electron chi connectivity index (χ2n) is 22.9. The third kappa shape index (κ3) is 18.2. The monoisotopic (exact) mass is 1440 g/mol. The number of nitro benzene ring substituents is 1. The number of benzene rings is 3. The number of likely N-dealkylation sites (tertiary alicyclic amines) is 1. The van der Waals surface area contributed by atoms with Gasteiger partial charge in [-0.1, -0.05) is 30.7 Å². The third-order valence-electron chi connectivity index (χ3n) is 16.0. The largest absolute Gasteiger partial charge is 0.394 e. The van der Waals surface area contributed by atoms with Gasteiger partial charge in [-0.3, -0.25) is 71.9 Å². The minimum atomic E-state index is -4.84. The van der Waals surface area contributed by atoms with E-state index >= 15 is 0 Å². The Kier molecular flexibility index (Phi) is 24.1. The molecule has 2 unspecified atom stereocenters. The summed E-state index contributed by atoms with van der Waals surface area (Å²) in [4.78, 5) is 158. The van der Waals surface area contributed by atoms with E-state index < -0.39 is 165 Å². The molecule has 538 valence electrons. The number of aromatic nitrogens is 4. The number of hydrogen-bond donors (Lipinski definition) is 10. The first-order valence-electron chi connectivity index (χ1n) is 30.3. The van der Waals surface area contributed by atoms with Gasteiger partial charge in [0.25, 0.3) is 45.3 Å². The first-order valence-corrected chi connectivity index (χ1v) is 31.9. The van der Waals surface area contributed by atoms with Crippen LogP contribution in [0.4, 0.5) is 40.6 Å². The standard InChI is InChI=1S/C43H46F2N10O16S.C18H17F2N3O6/c1-23(24-8-10-25(11-9-24)37(61)48-32-16-19-54(42(65)49-32)41-43(44,45)36(60)31(21-56)71-41)50-51-38(62)27-13-12-26(20-30(27)55(66)67)46-39(63)29-6-5-18-52(29)40(64)28(22-72(68,69)70)47-33(57)7-3-2-4-17-53-34(58)14-15-35(53)59;1-9(25)10-2-4-11(5-3-10)15(27)21-13-6-7-23(17(28)22-13)16-18(19,20)14(26)12(8-24)29-16/h8-16,19-20,28-29,31,36,41,56,60H,2-7,17-18,21-22H2,1H3,(H,46,63)(H,47,57)(H,51,62)(H,68,69,70)(H,48,49,61,65);2-7,12,14,16,24,26H,8H2,1H3,(H,21,22,27,28)/b50-23+;/t28-,29+,31-,36?,41-;12-,14?,16-/m11/s1. The highest BCUT2D eigenvalue weighted by molar-refractivity contribution is 7.85. The van der Waals surface area contributed by atoms with Crippen molar-refractivity contribution >= 4 is 91.9 Å². The molecule has 3 saturated heterocycles. The number of imide groups is 1. The number of unbranched alkanes of at least 4 members (excludes halogenated alkanes) is 2. The van der Waals surface area contributed by atoms with Gasteiger partial charge in [-0.25, -0.2) is 15.0 Å². The summed E-state index contributed by atoms with van der Waals surface area (Å²) >= 11 is 0. The van der Waals surface area contributed by atoms with E-state index in [-0.39, 0.29) is 78.7 Å². The molecular weight excluding hydrogens is 1370 g/mol. The van der Waals surface area contributed by atoms with Crippen LogP contribution < -0.4 is 38.1 Å². The molecule has 0 radical (unpaired) electrons. The number of hydrazone groups is 1. The van der Waals surface area contributed by atoms with E-state index in [2.05, 4.69) is 41.8 Å². The summed E-state index contributed by atoms with van der Waals surface area (Å²) in [6.45, 7) is 1.12. The summed E-state index contributed by atoms with van der Waals surface area (Å²) in [5.41, 5.74) is -0.422. The molecule has 8 atom stereocenters. The van der Waals surface area contributed by atoms with Gasteiger partial charge in [-0.2, -0.15) is 41.0 Å². The molecule has 0 aliphatic carbocycles. The summed E-state index contributed by atoms with van der Waals surface area (Å²) < 4.78 is 101. The van der Waals surface area contributed by atoms with Gasteiger partial charge < -0.3 is 56.1 Å². The van der Waals surface area contributed by atoms with Gasteiger partial charge in [0.1, 0.15) is 47.2 Å². The Morgan fingerprint density at radius 3 is 1.68 bits per heavy atom. The van der Waals surface area contributed by atoms with E-state index in [1.807, 2.05) is 0 Å². The normalized spacial score (nSPS) is 20.9. The van der Waals surface area contributed by atoms with Gasteiger partial charge in [-0.05, 0) is 93.6 Å². The molecule has 6 heterocycles. The number of amides is 8. The molecule has 5 aromatic rings. The number of aliphatic hydroxyl groups is 4. The fourth-order valence-electron chi connectivity index (χ4n) is 10.6. The molecule has 3 aromatic carbocycles. The van der Waals surface area contributed by atoms with Crippen LogP contribution in [0, 0.1) is 10.1 Å². The average molecular weight is 1440 g/mol. The Morgan fingerprint density at radius 1 is 0.713 bits per heavy atom. The van der Waals surface area contributed by atoms with Crippen molar-refractivity contribution in [3.63, 3.8) is 0 Å². The molecule has 4 aliphatic rings. The van der Waals surface area contributed by atoms with Gasteiger partial charge in [0.15, 0.2) is 18.0 Å². The number of nitro groups is 1. The number of carbonyl (C=O) groups excluding carboxylic acids is 9. The lowest BCUT2D eigenvalue weighted by Gasteiger charge is -2.28. The molecule has 0 saturated carbocycles. The van der Waals surface area contributed by atoms with Crippen molar-refractivity contribution in [1.29, 1.82) is 0 Å². The maximum Gasteiger partial charge on any atom is 0.351 e. The number of ketones is 1. The Bertz CT molecular complexity index is 4350. The van der Waals surface area contributed by atoms with Crippen LogP contribution in [0.5, 0.6) is 0 Å². The van der Waals surface area contributed by atoms with Gasteiger partial charge in [-0.15, -0.1) is 0 Å². The zero-order chi connectivity index (χ0) is 74.0. The molecule has 40 heteroatoms. The maximum absolute atomic E-state index is 14.5. The molecule has 35 nitrogen and oxygen atoms in total. The fraction of sp³-hybridized carbons (Fsp3) is 0.377. The molecule has 2 aromatic heterocycles. The SMILES string of the molecule is C/C(=N\NC(=O)c1ccc(NC(=O)[C@@H]2CCCN2C(=O)[C@@H](CS(=O)(=O)O)NC(=O)CCCCCN2C(=O)C=CC2=O)cc1[N+](=O)[O-])c1ccc(C(=O)Nc2ccn([C@@H]3O[C@H](CO)C(O)C3(F)F)c(=O)n2)cc1.CC(=O)c1ccc(C(=O)Nc2ccn([C@@H]3O[C@H](CO)C(O)C3(F)F)c(=O)n2)cc1. The molecule has 8 amide bonds. The van der Waals surface area contributed by atoms with Crippen LogP contribution in [-0.4, -0.2) is 206 Å². The highest BCUT2D eigenvalue weighted by Gasteiger charge is 2.60. The van der Waals surface area contributed by atoms with E-state index in [0.29, 0.717) is 33.1 Å². The predicted molar refractivity (Wildman–Crippen MR) is 339 cm³/mol. The second-order valence-corrected chi connectivity index (χ2v) is 24.4. The third-order valence-corrected chi connectivity index (χ3v) is 16.7. The second kappa shape index (κ2) is 32.1. The van der Waals surface area contributed by atoms with Gasteiger partial charge in [0.05, 0.1) is 23.8 Å². The molecule has 3 fully saturated rings. The number of halogens is 4. The molecule has 0 spiro atoms. The zero-order valence-corrected chi connectivity index (χ0v) is 53.7. The molecular formula is C61H63F4N13O22S. The highest BCUT2D eigenvalue weighted by Crippen LogP contribution is 2.43. The summed E-state index contributed by atoms with van der Waals surface area (Å²) in [6.07, 6.45) is -7.10. The average Bonchev–Trinajstić information content (AvgIpc) is 1.63. The Labute approximate surface area is 566 Å². The summed E-state index contributed by atoms with van der Waals surface area (Å²) in [5, 5.41) is 63.0. The van der Waals surface area contributed by atoms with Crippen LogP contribution in [0.3, 0.4) is 0 Å². The van der Waals surface area contributed by atoms with E-state index in [1.165, 1.54) is 68.4 Å². The van der Waals surface area contributed by atoms with Crippen LogP contribution in [0.2, 0.25) is 0 Å². The zero-order valence-electron chi connectivity index (χ0n) is 52.9. The number of hydrogen-bond acceptors (Lipinski definition) is 24. The number of nitrogens with one attached hydrogen (secondary N) is 5. The quantitative estimate of drug-likeness (QED) is 0.00565. The number of ether oxygens (including phenoxy) is 2. The number of aliphatic hydroxyl groups excluding tert-OH is 4. The van der Waals surface area contributed by atoms with Crippen molar-refractivity contribution in [1.82, 2.24) is 39.6 Å². The van der Waals surface area contributed by atoms with E-state index in [0.717, 1.165) is 58.6 Å². The lowest BCUT2D eigenvalue weighted by atomic mass is 10.1. The molecule has 101 heavy (non-hydrogen) atoms. The minimum Gasteiger partial charge on any atom is -0.394 e. The van der Waals surface area contributed by atoms with E-state index in [1.54, 1.807) is 0 Å². The van der Waals surface area contributed by atoms with Crippen molar-refractivity contribution in [3.05, 3.63) is 162 Å². The Morgan fingerprint density at radius 2 is 1.22 bits per heavy atom. The summed E-state index contributed by atoms with van der Waals surface area (Å²) in [7, 11) is -4.84. The van der Waals surface area contributed by atoms with E-state index in [9.17, 15) is 109 Å². The van der Waals surface area contributed by atoms with Gasteiger partial charge in [0, 0.05) is 72.5 Å². The van der Waals surface area contributed by atoms with Crippen LogP contribution >= 0.6 is 0 Å². The van der Waals surface area contributed by atoms with Crippen molar-refractivity contribution in [2.45, 2.75) is 113 Å². The molecule has 9 rings (SSSR count). The Balaban J connectivity index is 0.000000370. The van der Waals surface area contributed by atoms with Crippen molar-refractivity contribution in [2.75, 3.05) is 48.0 Å². The van der Waals surface area contributed by atoms with E-state index in [4.69, 9.17) is 14.6 Å².